The van der Waals surface area contributed by atoms with Crippen molar-refractivity contribution in [2.45, 2.75) is 4.90 Å². The molecule has 4 rings (SSSR count). The van der Waals surface area contributed by atoms with E-state index in [1.807, 2.05) is 0 Å². The van der Waals surface area contributed by atoms with E-state index in [0.717, 1.165) is 0 Å². The number of rotatable bonds is 0. The molecule has 0 fully saturated rings. The van der Waals surface area contributed by atoms with Crippen LogP contribution in [0.2, 0.25) is 0 Å². The molecule has 86 valence electrons. The minimum absolute atomic E-state index is 1.20. The van der Waals surface area contributed by atoms with Crippen molar-refractivity contribution in [2.75, 3.05) is 0 Å². The standard InChI is InChI=1S/C16H11NS/c1-3-7-13-11(5-1)16-12-6-2-4-8-15(12)18-10-9-14(16)17-13/h1-10,17H. The highest BCUT2D eigenvalue weighted by Crippen LogP contribution is 2.41. The average Bonchev–Trinajstić information content (AvgIpc) is 2.68. The van der Waals surface area contributed by atoms with Crippen LogP contribution in [0.1, 0.15) is 5.69 Å². The van der Waals surface area contributed by atoms with Crippen molar-refractivity contribution in [1.82, 2.24) is 4.98 Å². The molecule has 0 bridgehead atoms. The minimum Gasteiger partial charge on any atom is -0.354 e. The summed E-state index contributed by atoms with van der Waals surface area (Å²) in [4.78, 5) is 4.81. The minimum atomic E-state index is 1.20. The number of hydrogen-bond acceptors (Lipinski definition) is 1. The quantitative estimate of drug-likeness (QED) is 0.598. The fourth-order valence-electron chi connectivity index (χ4n) is 2.53. The monoisotopic (exact) mass is 249 g/mol. The molecule has 2 aromatic carbocycles. The zero-order valence-corrected chi connectivity index (χ0v) is 10.5. The molecular weight excluding hydrogens is 238 g/mol. The van der Waals surface area contributed by atoms with Crippen molar-refractivity contribution < 1.29 is 0 Å². The second-order valence-electron chi connectivity index (χ2n) is 4.38. The van der Waals surface area contributed by atoms with Crippen LogP contribution in [0.3, 0.4) is 0 Å². The Morgan fingerprint density at radius 3 is 2.72 bits per heavy atom. The zero-order chi connectivity index (χ0) is 11.9. The maximum Gasteiger partial charge on any atom is 0.0476 e. The van der Waals surface area contributed by atoms with Crippen LogP contribution in [-0.2, 0) is 0 Å². The summed E-state index contributed by atoms with van der Waals surface area (Å²) in [6.45, 7) is 0. The third-order valence-electron chi connectivity index (χ3n) is 3.32. The topological polar surface area (TPSA) is 15.8 Å². The summed E-state index contributed by atoms with van der Waals surface area (Å²) < 4.78 is 0. The number of hydrogen-bond donors (Lipinski definition) is 1. The third-order valence-corrected chi connectivity index (χ3v) is 4.20. The average molecular weight is 249 g/mol. The second kappa shape index (κ2) is 3.79. The molecule has 1 aliphatic heterocycles. The highest BCUT2D eigenvalue weighted by Gasteiger charge is 2.16. The van der Waals surface area contributed by atoms with Gasteiger partial charge in [0.25, 0.3) is 0 Å². The van der Waals surface area contributed by atoms with E-state index in [9.17, 15) is 0 Å². The number of H-pyrrole nitrogens is 1. The third kappa shape index (κ3) is 1.36. The number of benzene rings is 2. The van der Waals surface area contributed by atoms with Crippen molar-refractivity contribution in [3.05, 3.63) is 59.6 Å². The van der Waals surface area contributed by atoms with Gasteiger partial charge in [0.15, 0.2) is 0 Å². The highest BCUT2D eigenvalue weighted by molar-refractivity contribution is 8.02. The first kappa shape index (κ1) is 10.0. The molecule has 0 aliphatic carbocycles. The molecule has 0 spiro atoms. The van der Waals surface area contributed by atoms with Crippen LogP contribution >= 0.6 is 11.8 Å². The van der Waals surface area contributed by atoms with Gasteiger partial charge in [-0.05, 0) is 29.2 Å². The van der Waals surface area contributed by atoms with E-state index in [1.165, 1.54) is 32.6 Å². The number of fused-ring (bicyclic) bond motifs is 5. The molecule has 0 atom stereocenters. The Morgan fingerprint density at radius 2 is 1.72 bits per heavy atom. The molecule has 0 unspecified atom stereocenters. The molecule has 18 heavy (non-hydrogen) atoms. The van der Waals surface area contributed by atoms with Crippen LogP contribution in [-0.4, -0.2) is 4.98 Å². The van der Waals surface area contributed by atoms with Crippen LogP contribution in [0.15, 0.2) is 58.8 Å². The van der Waals surface area contributed by atoms with Crippen LogP contribution in [0.5, 0.6) is 0 Å². The molecule has 1 aromatic heterocycles. The molecule has 0 saturated carbocycles. The summed E-state index contributed by atoms with van der Waals surface area (Å²) in [7, 11) is 0. The smallest absolute Gasteiger partial charge is 0.0476 e. The van der Waals surface area contributed by atoms with E-state index >= 15 is 0 Å². The number of thioether (sulfide) groups is 1. The van der Waals surface area contributed by atoms with Crippen molar-refractivity contribution >= 4 is 28.7 Å². The molecular formula is C16H11NS. The molecule has 1 aliphatic rings. The van der Waals surface area contributed by atoms with Crippen molar-refractivity contribution in [3.8, 4) is 11.1 Å². The Labute approximate surface area is 110 Å². The molecule has 0 saturated heterocycles. The van der Waals surface area contributed by atoms with Gasteiger partial charge in [0.05, 0.1) is 0 Å². The Balaban J connectivity index is 2.17. The molecule has 2 heteroatoms. The number of aromatic nitrogens is 1. The van der Waals surface area contributed by atoms with E-state index in [4.69, 9.17) is 0 Å². The van der Waals surface area contributed by atoms with Gasteiger partial charge in [-0.15, -0.1) is 0 Å². The van der Waals surface area contributed by atoms with E-state index < -0.39 is 0 Å². The first-order chi connectivity index (χ1) is 8.93. The molecule has 2 heterocycles. The lowest BCUT2D eigenvalue weighted by atomic mass is 10.0. The fraction of sp³-hybridized carbons (Fsp3) is 0. The largest absolute Gasteiger partial charge is 0.354 e. The lowest BCUT2D eigenvalue weighted by Crippen LogP contribution is -1.80. The number of nitrogens with one attached hydrogen (secondary N) is 1. The molecule has 0 amide bonds. The molecule has 3 aromatic rings. The van der Waals surface area contributed by atoms with Crippen LogP contribution in [0.25, 0.3) is 28.1 Å². The maximum absolute atomic E-state index is 3.50. The molecule has 1 N–H and O–H groups in total. The Bertz CT molecular complexity index is 768. The van der Waals surface area contributed by atoms with Crippen molar-refractivity contribution in [1.29, 1.82) is 0 Å². The SMILES string of the molecule is C1=Cc2[nH]c3ccccc3c2-c2ccccc2S1. The lowest BCUT2D eigenvalue weighted by Gasteiger charge is -2.05. The van der Waals surface area contributed by atoms with Crippen molar-refractivity contribution in [3.63, 3.8) is 0 Å². The first-order valence-electron chi connectivity index (χ1n) is 5.97. The Morgan fingerprint density at radius 1 is 0.889 bits per heavy atom. The summed E-state index contributed by atoms with van der Waals surface area (Å²) in [5.41, 5.74) is 5.05. The Hall–Kier alpha value is -1.93. The maximum atomic E-state index is 3.50. The van der Waals surface area contributed by atoms with Gasteiger partial charge in [-0.2, -0.15) is 0 Å². The van der Waals surface area contributed by atoms with E-state index in [-0.39, 0.29) is 0 Å². The summed E-state index contributed by atoms with van der Waals surface area (Å²) in [5, 5.41) is 3.45. The predicted octanol–water partition coefficient (Wildman–Crippen LogP) is 4.91. The second-order valence-corrected chi connectivity index (χ2v) is 5.32. The van der Waals surface area contributed by atoms with Gasteiger partial charge in [0, 0.05) is 27.1 Å². The van der Waals surface area contributed by atoms with E-state index in [2.05, 4.69) is 65.0 Å². The van der Waals surface area contributed by atoms with Gasteiger partial charge < -0.3 is 4.98 Å². The van der Waals surface area contributed by atoms with E-state index in [1.54, 1.807) is 11.8 Å². The predicted molar refractivity (Wildman–Crippen MR) is 78.6 cm³/mol. The highest BCUT2D eigenvalue weighted by atomic mass is 32.2. The van der Waals surface area contributed by atoms with Crippen LogP contribution < -0.4 is 0 Å². The van der Waals surface area contributed by atoms with Crippen molar-refractivity contribution in [2.24, 2.45) is 0 Å². The van der Waals surface area contributed by atoms with Gasteiger partial charge in [-0.25, -0.2) is 0 Å². The van der Waals surface area contributed by atoms with Gasteiger partial charge in [0.2, 0.25) is 0 Å². The van der Waals surface area contributed by atoms with Gasteiger partial charge in [0.1, 0.15) is 0 Å². The molecule has 0 radical (unpaired) electrons. The van der Waals surface area contributed by atoms with Gasteiger partial charge >= 0.3 is 0 Å². The summed E-state index contributed by atoms with van der Waals surface area (Å²) in [6, 6.07) is 17.1. The zero-order valence-electron chi connectivity index (χ0n) is 9.68. The summed E-state index contributed by atoms with van der Waals surface area (Å²) in [6.07, 6.45) is 2.17. The van der Waals surface area contributed by atoms with Gasteiger partial charge in [-0.3, -0.25) is 0 Å². The van der Waals surface area contributed by atoms with E-state index in [0.29, 0.717) is 0 Å². The number of para-hydroxylation sites is 1. The Kier molecular flexibility index (Phi) is 2.11. The number of aromatic amines is 1. The fourth-order valence-corrected chi connectivity index (χ4v) is 3.33. The first-order valence-corrected chi connectivity index (χ1v) is 6.85. The summed E-state index contributed by atoms with van der Waals surface area (Å²) in [5.74, 6) is 0. The molecule has 1 nitrogen and oxygen atoms in total. The lowest BCUT2D eigenvalue weighted by molar-refractivity contribution is 1.41. The van der Waals surface area contributed by atoms with Gasteiger partial charge in [-0.1, -0.05) is 48.2 Å². The summed E-state index contributed by atoms with van der Waals surface area (Å²) >= 11 is 1.78. The van der Waals surface area contributed by atoms with Crippen LogP contribution in [0.4, 0.5) is 0 Å². The normalized spacial score (nSPS) is 13.1. The van der Waals surface area contributed by atoms with Crippen LogP contribution in [0, 0.1) is 0 Å².